The van der Waals surface area contributed by atoms with E-state index in [-0.39, 0.29) is 5.91 Å². The average molecular weight is 437 g/mol. The van der Waals surface area contributed by atoms with Gasteiger partial charge in [-0.25, -0.2) is 9.78 Å². The quantitative estimate of drug-likeness (QED) is 0.394. The number of para-hydroxylation sites is 1. The number of rotatable bonds is 5. The third kappa shape index (κ3) is 3.62. The van der Waals surface area contributed by atoms with Crippen LogP contribution >= 0.6 is 22.7 Å². The molecule has 152 valence electrons. The topological polar surface area (TPSA) is 68.3 Å². The largest absolute Gasteiger partial charge is 0.465 e. The first kappa shape index (κ1) is 20.3. The zero-order valence-electron chi connectivity index (χ0n) is 16.8. The molecule has 0 bridgehead atoms. The molecule has 30 heavy (non-hydrogen) atoms. The Labute approximate surface area is 182 Å². The summed E-state index contributed by atoms with van der Waals surface area (Å²) in [7, 11) is 1.35. The number of benzene rings is 1. The van der Waals surface area contributed by atoms with Gasteiger partial charge in [-0.05, 0) is 42.5 Å². The number of pyridine rings is 1. The maximum atomic E-state index is 13.3. The normalized spacial score (nSPS) is 10.9. The van der Waals surface area contributed by atoms with Crippen molar-refractivity contribution >= 4 is 50.5 Å². The summed E-state index contributed by atoms with van der Waals surface area (Å²) in [5.74, 6) is -0.717. The maximum absolute atomic E-state index is 13.3. The third-order valence-corrected chi connectivity index (χ3v) is 6.87. The van der Waals surface area contributed by atoms with Gasteiger partial charge < -0.3 is 10.1 Å². The Bertz CT molecular complexity index is 1240. The highest BCUT2D eigenvalue weighted by Gasteiger charge is 2.24. The molecule has 0 unspecified atom stereocenters. The molecular formula is C23H20N2O3S2. The SMILES string of the molecule is CCc1c(C)sc(NC(=O)c2cc(-c3cccs3)nc3ccccc23)c1C(=O)OC. The van der Waals surface area contributed by atoms with E-state index in [9.17, 15) is 9.59 Å². The van der Waals surface area contributed by atoms with Crippen molar-refractivity contribution in [2.45, 2.75) is 20.3 Å². The minimum Gasteiger partial charge on any atom is -0.465 e. The van der Waals surface area contributed by atoms with Crippen molar-refractivity contribution in [1.82, 2.24) is 4.98 Å². The van der Waals surface area contributed by atoms with Gasteiger partial charge in [0, 0.05) is 10.3 Å². The summed E-state index contributed by atoms with van der Waals surface area (Å²) >= 11 is 2.97. The van der Waals surface area contributed by atoms with E-state index in [4.69, 9.17) is 9.72 Å². The van der Waals surface area contributed by atoms with Crippen LogP contribution in [0.3, 0.4) is 0 Å². The Hall–Kier alpha value is -3.03. The van der Waals surface area contributed by atoms with Crippen molar-refractivity contribution in [2.24, 2.45) is 0 Å². The summed E-state index contributed by atoms with van der Waals surface area (Å²) in [6, 6.07) is 13.3. The van der Waals surface area contributed by atoms with Crippen LogP contribution in [0, 0.1) is 6.92 Å². The number of hydrogen-bond donors (Lipinski definition) is 1. The van der Waals surface area contributed by atoms with E-state index in [1.807, 2.05) is 61.7 Å². The second-order valence-electron chi connectivity index (χ2n) is 6.69. The van der Waals surface area contributed by atoms with Crippen molar-refractivity contribution in [2.75, 3.05) is 12.4 Å². The molecular weight excluding hydrogens is 416 g/mol. The van der Waals surface area contributed by atoms with Crippen molar-refractivity contribution in [1.29, 1.82) is 0 Å². The molecule has 1 amide bonds. The Morgan fingerprint density at radius 1 is 1.17 bits per heavy atom. The molecule has 7 heteroatoms. The molecule has 4 rings (SSSR count). The van der Waals surface area contributed by atoms with E-state index in [1.54, 1.807) is 11.3 Å². The number of ether oxygens (including phenoxy) is 1. The Kier molecular flexibility index (Phi) is 5.65. The molecule has 0 saturated heterocycles. The third-order valence-electron chi connectivity index (χ3n) is 4.91. The zero-order chi connectivity index (χ0) is 21.3. The molecule has 0 fully saturated rings. The highest BCUT2D eigenvalue weighted by Crippen LogP contribution is 2.35. The molecule has 0 spiro atoms. The van der Waals surface area contributed by atoms with Gasteiger partial charge in [0.15, 0.2) is 0 Å². The van der Waals surface area contributed by atoms with Crippen LogP contribution in [0.2, 0.25) is 0 Å². The fraction of sp³-hybridized carbons (Fsp3) is 0.174. The molecule has 0 atom stereocenters. The van der Waals surface area contributed by atoms with Crippen molar-refractivity contribution in [3.05, 3.63) is 69.4 Å². The van der Waals surface area contributed by atoms with Crippen LogP contribution in [0.25, 0.3) is 21.5 Å². The number of aryl methyl sites for hydroxylation is 1. The number of aromatic nitrogens is 1. The first-order chi connectivity index (χ1) is 14.5. The number of nitrogens with zero attached hydrogens (tertiary/aromatic N) is 1. The molecule has 1 aromatic carbocycles. The Morgan fingerprint density at radius 2 is 1.97 bits per heavy atom. The highest BCUT2D eigenvalue weighted by atomic mass is 32.1. The van der Waals surface area contributed by atoms with Crippen LogP contribution in [0.5, 0.6) is 0 Å². The first-order valence-electron chi connectivity index (χ1n) is 9.49. The van der Waals surface area contributed by atoms with Crippen molar-refractivity contribution < 1.29 is 14.3 Å². The van der Waals surface area contributed by atoms with Gasteiger partial charge in [0.25, 0.3) is 5.91 Å². The minimum atomic E-state index is -0.439. The minimum absolute atomic E-state index is 0.277. The molecule has 0 aliphatic heterocycles. The number of methoxy groups -OCH3 is 1. The van der Waals surface area contributed by atoms with E-state index < -0.39 is 5.97 Å². The molecule has 3 aromatic heterocycles. The van der Waals surface area contributed by atoms with Crippen LogP contribution in [0.15, 0.2) is 47.8 Å². The zero-order valence-corrected chi connectivity index (χ0v) is 18.4. The van der Waals surface area contributed by atoms with Gasteiger partial charge in [-0.15, -0.1) is 22.7 Å². The van der Waals surface area contributed by atoms with Gasteiger partial charge in [-0.2, -0.15) is 0 Å². The van der Waals surface area contributed by atoms with E-state index >= 15 is 0 Å². The number of fused-ring (bicyclic) bond motifs is 1. The summed E-state index contributed by atoms with van der Waals surface area (Å²) in [5, 5.41) is 6.21. The number of nitrogens with one attached hydrogen (secondary N) is 1. The summed E-state index contributed by atoms with van der Waals surface area (Å²) in [6.45, 7) is 3.93. The van der Waals surface area contributed by atoms with Gasteiger partial charge in [0.2, 0.25) is 0 Å². The van der Waals surface area contributed by atoms with Crippen LogP contribution in [0.4, 0.5) is 5.00 Å². The van der Waals surface area contributed by atoms with E-state index in [1.165, 1.54) is 18.4 Å². The summed E-state index contributed by atoms with van der Waals surface area (Å²) < 4.78 is 4.97. The maximum Gasteiger partial charge on any atom is 0.341 e. The lowest BCUT2D eigenvalue weighted by Crippen LogP contribution is -2.15. The fourth-order valence-electron chi connectivity index (χ4n) is 3.49. The molecule has 5 nitrogen and oxygen atoms in total. The molecule has 4 aromatic rings. The van der Waals surface area contributed by atoms with Crippen LogP contribution in [0.1, 0.15) is 38.1 Å². The molecule has 0 aliphatic rings. The summed E-state index contributed by atoms with van der Waals surface area (Å²) in [5.41, 5.74) is 3.36. The van der Waals surface area contributed by atoms with Crippen molar-refractivity contribution in [3.63, 3.8) is 0 Å². The number of hydrogen-bond acceptors (Lipinski definition) is 6. The first-order valence-corrected chi connectivity index (χ1v) is 11.2. The summed E-state index contributed by atoms with van der Waals surface area (Å²) in [6.07, 6.45) is 0.684. The lowest BCUT2D eigenvalue weighted by molar-refractivity contribution is 0.0601. The predicted molar refractivity (Wildman–Crippen MR) is 123 cm³/mol. The number of esters is 1. The van der Waals surface area contributed by atoms with Crippen molar-refractivity contribution in [3.8, 4) is 10.6 Å². The predicted octanol–water partition coefficient (Wildman–Crippen LogP) is 5.93. The lowest BCUT2D eigenvalue weighted by atomic mass is 10.1. The van der Waals surface area contributed by atoms with Gasteiger partial charge in [-0.3, -0.25) is 4.79 Å². The standard InChI is InChI=1S/C23H20N2O3S2/c1-4-14-13(2)30-22(20(14)23(27)28-3)25-21(26)16-12-18(19-10-7-11-29-19)24-17-9-6-5-8-15(16)17/h5-12H,4H2,1-3H3,(H,25,26). The monoisotopic (exact) mass is 436 g/mol. The highest BCUT2D eigenvalue weighted by molar-refractivity contribution is 7.17. The molecule has 1 N–H and O–H groups in total. The molecule has 0 aliphatic carbocycles. The van der Waals surface area contributed by atoms with E-state index in [0.29, 0.717) is 22.5 Å². The number of thiophene rings is 2. The van der Waals surface area contributed by atoms with E-state index in [0.717, 1.165) is 31.9 Å². The Morgan fingerprint density at radius 3 is 2.67 bits per heavy atom. The van der Waals surface area contributed by atoms with Crippen LogP contribution in [-0.2, 0) is 11.2 Å². The second-order valence-corrected chi connectivity index (χ2v) is 8.86. The van der Waals surface area contributed by atoms with Gasteiger partial charge in [0.1, 0.15) is 5.00 Å². The molecule has 3 heterocycles. The van der Waals surface area contributed by atoms with Crippen LogP contribution < -0.4 is 5.32 Å². The number of anilines is 1. The average Bonchev–Trinajstić information content (AvgIpc) is 3.40. The second kappa shape index (κ2) is 8.38. The lowest BCUT2D eigenvalue weighted by Gasteiger charge is -2.10. The number of carbonyl (C=O) groups is 2. The fourth-order valence-corrected chi connectivity index (χ4v) is 5.31. The number of amides is 1. The van der Waals surface area contributed by atoms with E-state index in [2.05, 4.69) is 5.32 Å². The smallest absolute Gasteiger partial charge is 0.341 e. The Balaban J connectivity index is 1.81. The van der Waals surface area contributed by atoms with Gasteiger partial charge in [0.05, 0.1) is 34.3 Å². The van der Waals surface area contributed by atoms with Gasteiger partial charge >= 0.3 is 5.97 Å². The van der Waals surface area contributed by atoms with Gasteiger partial charge in [-0.1, -0.05) is 31.2 Å². The summed E-state index contributed by atoms with van der Waals surface area (Å²) in [4.78, 5) is 32.4. The number of carbonyl (C=O) groups excluding carboxylic acids is 2. The molecule has 0 saturated carbocycles. The van der Waals surface area contributed by atoms with Crippen LogP contribution in [-0.4, -0.2) is 24.0 Å². The molecule has 0 radical (unpaired) electrons.